The van der Waals surface area contributed by atoms with Gasteiger partial charge in [-0.05, 0) is 48.9 Å². The minimum absolute atomic E-state index is 0.286. The second-order valence-electron chi connectivity index (χ2n) is 7.00. The van der Waals surface area contributed by atoms with Crippen LogP contribution in [0.5, 0.6) is 17.4 Å². The number of nitrogens with zero attached hydrogens (tertiary/aromatic N) is 2. The van der Waals surface area contributed by atoms with Crippen LogP contribution in [0.3, 0.4) is 0 Å². The maximum absolute atomic E-state index is 5.91. The normalized spacial score (nSPS) is 16.2. The summed E-state index contributed by atoms with van der Waals surface area (Å²) < 4.78 is 16.7. The zero-order valence-corrected chi connectivity index (χ0v) is 16.1. The van der Waals surface area contributed by atoms with Crippen LogP contribution < -0.4 is 24.8 Å². The predicted octanol–water partition coefficient (Wildman–Crippen LogP) is 3.00. The Kier molecular flexibility index (Phi) is 5.80. The number of hydrogen-bond acceptors (Lipinski definition) is 5. The Bertz CT molecular complexity index is 817. The fraction of sp³-hybridized carbons (Fsp3) is 0.429. The maximum Gasteiger partial charge on any atom is 0.231 e. The zero-order chi connectivity index (χ0) is 19.2. The van der Waals surface area contributed by atoms with E-state index in [0.717, 1.165) is 41.4 Å². The highest BCUT2D eigenvalue weighted by Gasteiger charge is 2.17. The Balaban J connectivity index is 1.24. The van der Waals surface area contributed by atoms with Gasteiger partial charge in [0.25, 0.3) is 0 Å². The number of rotatable bonds is 6. The lowest BCUT2D eigenvalue weighted by Crippen LogP contribution is -2.36. The highest BCUT2D eigenvalue weighted by molar-refractivity contribution is 5.79. The van der Waals surface area contributed by atoms with Gasteiger partial charge in [0, 0.05) is 32.4 Å². The van der Waals surface area contributed by atoms with Crippen LogP contribution in [0.4, 0.5) is 0 Å². The van der Waals surface area contributed by atoms with Crippen molar-refractivity contribution in [2.75, 3.05) is 13.8 Å². The van der Waals surface area contributed by atoms with Crippen LogP contribution in [0, 0.1) is 0 Å². The van der Waals surface area contributed by atoms with Gasteiger partial charge in [-0.1, -0.05) is 12.1 Å². The Morgan fingerprint density at radius 1 is 1.07 bits per heavy atom. The van der Waals surface area contributed by atoms with Crippen molar-refractivity contribution < 1.29 is 14.2 Å². The van der Waals surface area contributed by atoms with Crippen LogP contribution in [0.15, 0.2) is 41.5 Å². The fourth-order valence-electron chi connectivity index (χ4n) is 3.41. The van der Waals surface area contributed by atoms with E-state index in [0.29, 0.717) is 25.1 Å². The molecule has 2 aromatic rings. The van der Waals surface area contributed by atoms with Gasteiger partial charge in [0.1, 0.15) is 6.10 Å². The number of benzene rings is 1. The van der Waals surface area contributed by atoms with Crippen LogP contribution in [-0.2, 0) is 13.1 Å². The van der Waals surface area contributed by atoms with Crippen LogP contribution in [-0.4, -0.2) is 30.9 Å². The molecule has 1 aromatic heterocycles. The van der Waals surface area contributed by atoms with Gasteiger partial charge >= 0.3 is 0 Å². The van der Waals surface area contributed by atoms with Gasteiger partial charge in [0.15, 0.2) is 17.5 Å². The third-order valence-corrected chi connectivity index (χ3v) is 4.97. The van der Waals surface area contributed by atoms with Crippen molar-refractivity contribution in [2.24, 2.45) is 4.99 Å². The highest BCUT2D eigenvalue weighted by Crippen LogP contribution is 2.32. The van der Waals surface area contributed by atoms with Crippen molar-refractivity contribution in [3.8, 4) is 17.4 Å². The summed E-state index contributed by atoms with van der Waals surface area (Å²) in [4.78, 5) is 8.69. The Hall–Kier alpha value is -2.96. The number of hydrogen-bond donors (Lipinski definition) is 2. The molecule has 0 saturated heterocycles. The maximum atomic E-state index is 5.91. The van der Waals surface area contributed by atoms with Gasteiger partial charge in [-0.25, -0.2) is 4.98 Å². The number of guanidine groups is 1. The quantitative estimate of drug-likeness (QED) is 0.591. The Morgan fingerprint density at radius 2 is 1.82 bits per heavy atom. The lowest BCUT2D eigenvalue weighted by molar-refractivity contribution is 0.174. The van der Waals surface area contributed by atoms with Crippen LogP contribution in [0.2, 0.25) is 0 Å². The third-order valence-electron chi connectivity index (χ3n) is 4.97. The fourth-order valence-corrected chi connectivity index (χ4v) is 3.41. The van der Waals surface area contributed by atoms with E-state index in [1.807, 2.05) is 36.5 Å². The molecule has 0 unspecified atom stereocenters. The molecule has 1 aliphatic carbocycles. The van der Waals surface area contributed by atoms with Crippen molar-refractivity contribution in [2.45, 2.75) is 44.9 Å². The van der Waals surface area contributed by atoms with Crippen molar-refractivity contribution in [1.82, 2.24) is 15.6 Å². The first-order chi connectivity index (χ1) is 13.8. The first-order valence-corrected chi connectivity index (χ1v) is 9.75. The van der Waals surface area contributed by atoms with Gasteiger partial charge in [-0.3, -0.25) is 4.99 Å². The number of pyridine rings is 1. The van der Waals surface area contributed by atoms with Crippen molar-refractivity contribution >= 4 is 5.96 Å². The molecular weight excluding hydrogens is 356 g/mol. The minimum Gasteiger partial charge on any atom is -0.474 e. The highest BCUT2D eigenvalue weighted by atomic mass is 16.7. The van der Waals surface area contributed by atoms with E-state index in [9.17, 15) is 0 Å². The molecule has 1 aromatic carbocycles. The predicted molar refractivity (Wildman–Crippen MR) is 107 cm³/mol. The summed E-state index contributed by atoms with van der Waals surface area (Å²) in [7, 11) is 1.76. The van der Waals surface area contributed by atoms with Crippen LogP contribution >= 0.6 is 0 Å². The Morgan fingerprint density at radius 3 is 2.57 bits per heavy atom. The van der Waals surface area contributed by atoms with E-state index in [4.69, 9.17) is 14.2 Å². The second kappa shape index (κ2) is 8.82. The van der Waals surface area contributed by atoms with Gasteiger partial charge in [0.05, 0.1) is 0 Å². The summed E-state index contributed by atoms with van der Waals surface area (Å²) in [5.41, 5.74) is 2.17. The number of aliphatic imine (C=N–C) groups is 1. The Labute approximate surface area is 165 Å². The lowest BCUT2D eigenvalue weighted by atomic mass is 10.2. The van der Waals surface area contributed by atoms with E-state index in [2.05, 4.69) is 20.6 Å². The second-order valence-corrected chi connectivity index (χ2v) is 7.00. The monoisotopic (exact) mass is 382 g/mol. The van der Waals surface area contributed by atoms with Crippen LogP contribution in [0.25, 0.3) is 0 Å². The van der Waals surface area contributed by atoms with E-state index in [1.54, 1.807) is 7.05 Å². The number of fused-ring (bicyclic) bond motifs is 1. The summed E-state index contributed by atoms with van der Waals surface area (Å²) in [5.74, 6) is 3.01. The summed E-state index contributed by atoms with van der Waals surface area (Å²) >= 11 is 0. The average Bonchev–Trinajstić information content (AvgIpc) is 3.40. The molecule has 2 aliphatic rings. The summed E-state index contributed by atoms with van der Waals surface area (Å²) in [6.07, 6.45) is 6.96. The molecule has 2 heterocycles. The van der Waals surface area contributed by atoms with E-state index in [-0.39, 0.29) is 6.79 Å². The number of nitrogens with one attached hydrogen (secondary N) is 2. The molecule has 1 aliphatic heterocycles. The molecule has 0 atom stereocenters. The minimum atomic E-state index is 0.286. The SMILES string of the molecule is CN=C(NCc1ccc(OC2CCCC2)nc1)NCc1ccc2c(c1)OCO2. The summed E-state index contributed by atoms with van der Waals surface area (Å²) in [5, 5.41) is 6.61. The molecule has 0 radical (unpaired) electrons. The van der Waals surface area contributed by atoms with Crippen molar-refractivity contribution in [3.05, 3.63) is 47.7 Å². The molecule has 0 bridgehead atoms. The lowest BCUT2D eigenvalue weighted by Gasteiger charge is -2.14. The smallest absolute Gasteiger partial charge is 0.231 e. The largest absolute Gasteiger partial charge is 0.474 e. The van der Waals surface area contributed by atoms with Crippen LogP contribution in [0.1, 0.15) is 36.8 Å². The molecular formula is C21H26N4O3. The zero-order valence-electron chi connectivity index (χ0n) is 16.1. The molecule has 1 saturated carbocycles. The molecule has 28 heavy (non-hydrogen) atoms. The average molecular weight is 382 g/mol. The first-order valence-electron chi connectivity index (χ1n) is 9.75. The summed E-state index contributed by atoms with van der Waals surface area (Å²) in [6, 6.07) is 9.90. The van der Waals surface area contributed by atoms with Crippen molar-refractivity contribution in [1.29, 1.82) is 0 Å². The standard InChI is InChI=1S/C21H26N4O3/c1-22-21(24-11-15-6-8-18-19(10-15)27-14-26-18)25-13-16-7-9-20(23-12-16)28-17-4-2-3-5-17/h6-10,12,17H,2-5,11,13-14H2,1H3,(H2,22,24,25). The molecule has 7 heteroatoms. The first kappa shape index (κ1) is 18.4. The molecule has 0 amide bonds. The third kappa shape index (κ3) is 4.65. The van der Waals surface area contributed by atoms with Gasteiger partial charge in [0.2, 0.25) is 12.7 Å². The number of ether oxygens (including phenoxy) is 3. The molecule has 4 rings (SSSR count). The molecule has 7 nitrogen and oxygen atoms in total. The molecule has 0 spiro atoms. The van der Waals surface area contributed by atoms with Gasteiger partial charge in [-0.2, -0.15) is 0 Å². The molecule has 2 N–H and O–H groups in total. The molecule has 148 valence electrons. The van der Waals surface area contributed by atoms with E-state index in [1.165, 1.54) is 12.8 Å². The summed E-state index contributed by atoms with van der Waals surface area (Å²) in [6.45, 7) is 1.56. The van der Waals surface area contributed by atoms with Gasteiger partial charge < -0.3 is 24.8 Å². The number of aromatic nitrogens is 1. The van der Waals surface area contributed by atoms with Gasteiger partial charge in [-0.15, -0.1) is 0 Å². The van der Waals surface area contributed by atoms with E-state index >= 15 is 0 Å². The van der Waals surface area contributed by atoms with Crippen molar-refractivity contribution in [3.63, 3.8) is 0 Å². The van der Waals surface area contributed by atoms with E-state index < -0.39 is 0 Å². The topological polar surface area (TPSA) is 77.0 Å². The molecule has 1 fully saturated rings.